The molecule has 106 valence electrons. The number of benzene rings is 1. The monoisotopic (exact) mass is 263 g/mol. The first-order valence-electron chi connectivity index (χ1n) is 7.09. The molecule has 1 aromatic carbocycles. The molecule has 1 N–H and O–H groups in total. The number of aryl methyl sites for hydroxylation is 2. The molecule has 0 aromatic heterocycles. The molecule has 3 heteroatoms. The average Bonchev–Trinajstić information content (AvgIpc) is 2.35. The minimum absolute atomic E-state index is 0.0184. The second kappa shape index (κ2) is 7.82. The third-order valence-corrected chi connectivity index (χ3v) is 2.97. The topological polar surface area (TPSA) is 38.3 Å². The van der Waals surface area contributed by atoms with Crippen LogP contribution in [0.4, 0.5) is 0 Å². The van der Waals surface area contributed by atoms with E-state index in [0.717, 1.165) is 36.3 Å². The Hall–Kier alpha value is -1.51. The van der Waals surface area contributed by atoms with E-state index in [1.807, 2.05) is 32.9 Å². The fourth-order valence-corrected chi connectivity index (χ4v) is 1.99. The second-order valence-corrected chi connectivity index (χ2v) is 4.98. The summed E-state index contributed by atoms with van der Waals surface area (Å²) in [4.78, 5) is 12.0. The molecule has 19 heavy (non-hydrogen) atoms. The van der Waals surface area contributed by atoms with Gasteiger partial charge >= 0.3 is 0 Å². The molecular formula is C16H25NO2. The third kappa shape index (κ3) is 5.33. The summed E-state index contributed by atoms with van der Waals surface area (Å²) in [7, 11) is 0. The first kappa shape index (κ1) is 15.5. The van der Waals surface area contributed by atoms with Gasteiger partial charge in [-0.15, -0.1) is 0 Å². The van der Waals surface area contributed by atoms with Crippen LogP contribution in [0.2, 0.25) is 0 Å². The van der Waals surface area contributed by atoms with Crippen LogP contribution in [-0.2, 0) is 4.79 Å². The molecule has 0 bridgehead atoms. The van der Waals surface area contributed by atoms with Gasteiger partial charge in [0.2, 0.25) is 0 Å². The molecule has 0 aliphatic carbocycles. The van der Waals surface area contributed by atoms with Crippen molar-refractivity contribution in [1.29, 1.82) is 0 Å². The predicted octanol–water partition coefficient (Wildman–Crippen LogP) is 3.38. The number of nitrogens with one attached hydrogen (secondary N) is 1. The van der Waals surface area contributed by atoms with Gasteiger partial charge in [-0.05, 0) is 49.9 Å². The van der Waals surface area contributed by atoms with Crippen LogP contribution in [0.25, 0.3) is 0 Å². The fraction of sp³-hybridized carbons (Fsp3) is 0.562. The van der Waals surface area contributed by atoms with E-state index < -0.39 is 6.10 Å². The smallest absolute Gasteiger partial charge is 0.261 e. The zero-order valence-electron chi connectivity index (χ0n) is 12.5. The molecule has 1 aromatic rings. The van der Waals surface area contributed by atoms with E-state index in [1.165, 1.54) is 0 Å². The number of rotatable bonds is 7. The zero-order chi connectivity index (χ0) is 14.3. The van der Waals surface area contributed by atoms with Crippen LogP contribution < -0.4 is 10.1 Å². The highest BCUT2D eigenvalue weighted by molar-refractivity contribution is 5.81. The molecule has 1 atom stereocenters. The standard InChI is InChI=1S/C16H25NO2/c1-5-7-8-17-16(18)15(6-2)19-14-10-12(3)9-13(4)11-14/h9-11,15H,5-8H2,1-4H3,(H,17,18). The van der Waals surface area contributed by atoms with Crippen LogP contribution in [0.15, 0.2) is 18.2 Å². The maximum absolute atomic E-state index is 12.0. The number of carbonyl (C=O) groups is 1. The Morgan fingerprint density at radius 3 is 2.37 bits per heavy atom. The Morgan fingerprint density at radius 2 is 1.84 bits per heavy atom. The minimum atomic E-state index is -0.405. The van der Waals surface area contributed by atoms with Crippen LogP contribution in [0.1, 0.15) is 44.2 Å². The molecule has 3 nitrogen and oxygen atoms in total. The molecule has 0 aliphatic rings. The first-order valence-corrected chi connectivity index (χ1v) is 7.09. The van der Waals surface area contributed by atoms with Gasteiger partial charge in [0.05, 0.1) is 0 Å². The van der Waals surface area contributed by atoms with Crippen molar-refractivity contribution < 1.29 is 9.53 Å². The van der Waals surface area contributed by atoms with Crippen molar-refractivity contribution in [3.8, 4) is 5.75 Å². The molecule has 1 unspecified atom stereocenters. The van der Waals surface area contributed by atoms with Gasteiger partial charge in [0, 0.05) is 6.54 Å². The number of carbonyl (C=O) groups excluding carboxylic acids is 1. The van der Waals surface area contributed by atoms with Crippen molar-refractivity contribution in [3.05, 3.63) is 29.3 Å². The van der Waals surface area contributed by atoms with Crippen molar-refractivity contribution >= 4 is 5.91 Å². The van der Waals surface area contributed by atoms with Crippen molar-refractivity contribution in [3.63, 3.8) is 0 Å². The Bertz CT molecular complexity index is 395. The van der Waals surface area contributed by atoms with Crippen molar-refractivity contribution in [2.24, 2.45) is 0 Å². The Balaban J connectivity index is 2.62. The van der Waals surface area contributed by atoms with Gasteiger partial charge in [-0.25, -0.2) is 0 Å². The predicted molar refractivity (Wildman–Crippen MR) is 78.5 cm³/mol. The van der Waals surface area contributed by atoms with Crippen molar-refractivity contribution in [1.82, 2.24) is 5.32 Å². The number of ether oxygens (including phenoxy) is 1. The van der Waals surface area contributed by atoms with Crippen molar-refractivity contribution in [2.75, 3.05) is 6.54 Å². The molecule has 0 spiro atoms. The van der Waals surface area contributed by atoms with Crippen LogP contribution in [0.5, 0.6) is 5.75 Å². The van der Waals surface area contributed by atoms with Crippen LogP contribution in [-0.4, -0.2) is 18.6 Å². The Morgan fingerprint density at radius 1 is 1.21 bits per heavy atom. The third-order valence-electron chi connectivity index (χ3n) is 2.97. The summed E-state index contributed by atoms with van der Waals surface area (Å²) in [5.74, 6) is 0.755. The molecule has 0 heterocycles. The maximum Gasteiger partial charge on any atom is 0.261 e. The van der Waals surface area contributed by atoms with Gasteiger partial charge in [-0.3, -0.25) is 4.79 Å². The van der Waals surface area contributed by atoms with Gasteiger partial charge in [-0.2, -0.15) is 0 Å². The lowest BCUT2D eigenvalue weighted by Crippen LogP contribution is -2.38. The maximum atomic E-state index is 12.0. The summed E-state index contributed by atoms with van der Waals surface area (Å²) >= 11 is 0. The highest BCUT2D eigenvalue weighted by Gasteiger charge is 2.17. The molecule has 0 saturated heterocycles. The lowest BCUT2D eigenvalue weighted by atomic mass is 10.1. The average molecular weight is 263 g/mol. The van der Waals surface area contributed by atoms with E-state index in [1.54, 1.807) is 0 Å². The first-order chi connectivity index (χ1) is 9.06. The number of hydrogen-bond donors (Lipinski definition) is 1. The number of unbranched alkanes of at least 4 members (excludes halogenated alkanes) is 1. The van der Waals surface area contributed by atoms with Gasteiger partial charge in [0.1, 0.15) is 5.75 Å². The van der Waals surface area contributed by atoms with E-state index in [0.29, 0.717) is 6.42 Å². The zero-order valence-corrected chi connectivity index (χ0v) is 12.5. The SMILES string of the molecule is CCCCNC(=O)C(CC)Oc1cc(C)cc(C)c1. The van der Waals surface area contributed by atoms with Gasteiger partial charge in [0.25, 0.3) is 5.91 Å². The fourth-order valence-electron chi connectivity index (χ4n) is 1.99. The summed E-state index contributed by atoms with van der Waals surface area (Å²) in [6, 6.07) is 6.03. The van der Waals surface area contributed by atoms with Gasteiger partial charge in [0.15, 0.2) is 6.10 Å². The molecule has 1 amide bonds. The Labute approximate surface area is 116 Å². The summed E-state index contributed by atoms with van der Waals surface area (Å²) in [6.45, 7) is 8.86. The lowest BCUT2D eigenvalue weighted by Gasteiger charge is -2.18. The molecular weight excluding hydrogens is 238 g/mol. The highest BCUT2D eigenvalue weighted by atomic mass is 16.5. The lowest BCUT2D eigenvalue weighted by molar-refractivity contribution is -0.128. The summed E-state index contributed by atoms with van der Waals surface area (Å²) < 4.78 is 5.81. The van der Waals surface area contributed by atoms with Crippen molar-refractivity contribution in [2.45, 2.75) is 53.1 Å². The molecule has 1 rings (SSSR count). The minimum Gasteiger partial charge on any atom is -0.481 e. The normalized spacial score (nSPS) is 12.0. The second-order valence-electron chi connectivity index (χ2n) is 4.98. The largest absolute Gasteiger partial charge is 0.481 e. The van der Waals surface area contributed by atoms with E-state index in [9.17, 15) is 4.79 Å². The summed E-state index contributed by atoms with van der Waals surface area (Å²) in [6.07, 6.45) is 2.35. The molecule has 0 saturated carbocycles. The number of hydrogen-bond acceptors (Lipinski definition) is 2. The van der Waals surface area contributed by atoms with Gasteiger partial charge in [-0.1, -0.05) is 26.3 Å². The van der Waals surface area contributed by atoms with Gasteiger partial charge < -0.3 is 10.1 Å². The number of amides is 1. The van der Waals surface area contributed by atoms with Crippen LogP contribution >= 0.6 is 0 Å². The van der Waals surface area contributed by atoms with E-state index >= 15 is 0 Å². The summed E-state index contributed by atoms with van der Waals surface area (Å²) in [5.41, 5.74) is 2.30. The molecule has 0 radical (unpaired) electrons. The molecule has 0 aliphatic heterocycles. The quantitative estimate of drug-likeness (QED) is 0.766. The summed E-state index contributed by atoms with van der Waals surface area (Å²) in [5, 5.41) is 2.92. The van der Waals surface area contributed by atoms with Crippen LogP contribution in [0.3, 0.4) is 0 Å². The van der Waals surface area contributed by atoms with E-state index in [4.69, 9.17) is 4.74 Å². The molecule has 0 fully saturated rings. The highest BCUT2D eigenvalue weighted by Crippen LogP contribution is 2.18. The van der Waals surface area contributed by atoms with Crippen LogP contribution in [0, 0.1) is 13.8 Å². The van der Waals surface area contributed by atoms with E-state index in [2.05, 4.69) is 18.3 Å². The Kier molecular flexibility index (Phi) is 6.40. The van der Waals surface area contributed by atoms with E-state index in [-0.39, 0.29) is 5.91 Å².